The number of aryl methyl sites for hydroxylation is 1. The molecule has 112 valence electrons. The molecule has 0 radical (unpaired) electrons. The van der Waals surface area contributed by atoms with Gasteiger partial charge < -0.3 is 9.32 Å². The van der Waals surface area contributed by atoms with Crippen molar-refractivity contribution < 1.29 is 9.21 Å². The molecule has 4 heterocycles. The number of carbonyl (C=O) groups excluding carboxylic acids is 1. The summed E-state index contributed by atoms with van der Waals surface area (Å²) in [5.41, 5.74) is 2.05. The van der Waals surface area contributed by atoms with E-state index in [1.807, 2.05) is 21.0 Å². The SMILES string of the molecule is O=C(c1ccco1)N1CCCn2nc(-c3cccs3)cc2C1. The van der Waals surface area contributed by atoms with Crippen molar-refractivity contribution in [2.24, 2.45) is 0 Å². The summed E-state index contributed by atoms with van der Waals surface area (Å²) in [4.78, 5) is 15.5. The van der Waals surface area contributed by atoms with E-state index in [1.54, 1.807) is 23.5 Å². The molecule has 0 spiro atoms. The van der Waals surface area contributed by atoms with Crippen molar-refractivity contribution >= 4 is 17.2 Å². The molecule has 0 N–H and O–H groups in total. The summed E-state index contributed by atoms with van der Waals surface area (Å²) in [6.45, 7) is 2.12. The van der Waals surface area contributed by atoms with Crippen LogP contribution in [0.25, 0.3) is 10.6 Å². The molecule has 0 saturated heterocycles. The van der Waals surface area contributed by atoms with E-state index >= 15 is 0 Å². The summed E-state index contributed by atoms with van der Waals surface area (Å²) < 4.78 is 7.25. The Labute approximate surface area is 131 Å². The summed E-state index contributed by atoms with van der Waals surface area (Å²) in [6.07, 6.45) is 2.43. The van der Waals surface area contributed by atoms with Crippen molar-refractivity contribution in [1.82, 2.24) is 14.7 Å². The van der Waals surface area contributed by atoms with E-state index in [0.29, 0.717) is 12.3 Å². The monoisotopic (exact) mass is 313 g/mol. The third-order valence-electron chi connectivity index (χ3n) is 3.81. The summed E-state index contributed by atoms with van der Waals surface area (Å²) in [6, 6.07) is 9.63. The zero-order chi connectivity index (χ0) is 14.9. The van der Waals surface area contributed by atoms with Crippen LogP contribution in [0, 0.1) is 0 Å². The lowest BCUT2D eigenvalue weighted by atomic mass is 10.3. The van der Waals surface area contributed by atoms with Gasteiger partial charge in [-0.05, 0) is 36.1 Å². The van der Waals surface area contributed by atoms with Crippen molar-refractivity contribution in [2.45, 2.75) is 19.5 Å². The maximum atomic E-state index is 12.5. The van der Waals surface area contributed by atoms with E-state index in [1.165, 1.54) is 6.26 Å². The number of furan rings is 1. The molecule has 0 unspecified atom stereocenters. The molecular formula is C16H15N3O2S. The van der Waals surface area contributed by atoms with Gasteiger partial charge in [0, 0.05) is 13.1 Å². The first-order chi connectivity index (χ1) is 10.8. The van der Waals surface area contributed by atoms with Gasteiger partial charge in [0.15, 0.2) is 5.76 Å². The van der Waals surface area contributed by atoms with Crippen molar-refractivity contribution in [2.75, 3.05) is 6.54 Å². The molecule has 0 bridgehead atoms. The largest absolute Gasteiger partial charge is 0.459 e. The van der Waals surface area contributed by atoms with Crippen molar-refractivity contribution in [3.8, 4) is 10.6 Å². The summed E-state index contributed by atoms with van der Waals surface area (Å²) in [7, 11) is 0. The molecule has 6 heteroatoms. The zero-order valence-electron chi connectivity index (χ0n) is 11.9. The maximum absolute atomic E-state index is 12.5. The van der Waals surface area contributed by atoms with Crippen LogP contribution in [0.2, 0.25) is 0 Å². The Kier molecular flexibility index (Phi) is 3.31. The second-order valence-electron chi connectivity index (χ2n) is 5.28. The minimum atomic E-state index is -0.0580. The highest BCUT2D eigenvalue weighted by molar-refractivity contribution is 7.13. The molecule has 3 aromatic heterocycles. The maximum Gasteiger partial charge on any atom is 0.289 e. The van der Waals surface area contributed by atoms with E-state index in [0.717, 1.165) is 35.8 Å². The van der Waals surface area contributed by atoms with Gasteiger partial charge in [0.05, 0.1) is 23.4 Å². The van der Waals surface area contributed by atoms with Crippen LogP contribution < -0.4 is 0 Å². The van der Waals surface area contributed by atoms with Gasteiger partial charge >= 0.3 is 0 Å². The van der Waals surface area contributed by atoms with Crippen molar-refractivity contribution in [3.05, 3.63) is 53.4 Å². The van der Waals surface area contributed by atoms with Crippen LogP contribution >= 0.6 is 11.3 Å². The second-order valence-corrected chi connectivity index (χ2v) is 6.23. The predicted octanol–water partition coefficient (Wildman–Crippen LogP) is 3.25. The lowest BCUT2D eigenvalue weighted by Crippen LogP contribution is -2.30. The van der Waals surface area contributed by atoms with Gasteiger partial charge in [0.2, 0.25) is 0 Å². The molecule has 1 aliphatic heterocycles. The molecule has 4 rings (SSSR count). The van der Waals surface area contributed by atoms with Crippen LogP contribution in [-0.4, -0.2) is 27.1 Å². The molecule has 3 aromatic rings. The highest BCUT2D eigenvalue weighted by atomic mass is 32.1. The Balaban J connectivity index is 1.61. The fourth-order valence-corrected chi connectivity index (χ4v) is 3.42. The molecule has 0 aromatic carbocycles. The van der Waals surface area contributed by atoms with Gasteiger partial charge in [-0.2, -0.15) is 5.10 Å². The van der Waals surface area contributed by atoms with Gasteiger partial charge in [-0.15, -0.1) is 11.3 Å². The van der Waals surface area contributed by atoms with E-state index < -0.39 is 0 Å². The first-order valence-corrected chi connectivity index (χ1v) is 8.12. The molecule has 0 atom stereocenters. The van der Waals surface area contributed by atoms with Crippen LogP contribution in [0.15, 0.2) is 46.4 Å². The van der Waals surface area contributed by atoms with Crippen LogP contribution in [0.5, 0.6) is 0 Å². The molecule has 0 saturated carbocycles. The topological polar surface area (TPSA) is 51.3 Å². The highest BCUT2D eigenvalue weighted by Crippen LogP contribution is 2.26. The van der Waals surface area contributed by atoms with Gasteiger partial charge in [0.25, 0.3) is 5.91 Å². The number of rotatable bonds is 2. The number of thiophene rings is 1. The van der Waals surface area contributed by atoms with Gasteiger partial charge in [-0.25, -0.2) is 0 Å². The first kappa shape index (κ1) is 13.3. The number of nitrogens with zero attached hydrogens (tertiary/aromatic N) is 3. The third kappa shape index (κ3) is 2.35. The van der Waals surface area contributed by atoms with E-state index in [4.69, 9.17) is 4.42 Å². The number of carbonyl (C=O) groups is 1. The van der Waals surface area contributed by atoms with Crippen LogP contribution in [-0.2, 0) is 13.1 Å². The zero-order valence-corrected chi connectivity index (χ0v) is 12.8. The summed E-state index contributed by atoms with van der Waals surface area (Å²) >= 11 is 1.68. The quantitative estimate of drug-likeness (QED) is 0.730. The molecular weight excluding hydrogens is 298 g/mol. The Morgan fingerprint density at radius 2 is 2.23 bits per heavy atom. The van der Waals surface area contributed by atoms with E-state index in [9.17, 15) is 4.79 Å². The minimum Gasteiger partial charge on any atom is -0.459 e. The normalized spacial score (nSPS) is 14.6. The van der Waals surface area contributed by atoms with Crippen LogP contribution in [0.1, 0.15) is 22.7 Å². The number of hydrogen-bond donors (Lipinski definition) is 0. The summed E-state index contributed by atoms with van der Waals surface area (Å²) in [5.74, 6) is 0.337. The van der Waals surface area contributed by atoms with Gasteiger partial charge in [-0.1, -0.05) is 6.07 Å². The number of aromatic nitrogens is 2. The average Bonchev–Trinajstić information content (AvgIpc) is 3.26. The Morgan fingerprint density at radius 1 is 1.27 bits per heavy atom. The predicted molar refractivity (Wildman–Crippen MR) is 83.6 cm³/mol. The van der Waals surface area contributed by atoms with Crippen LogP contribution in [0.4, 0.5) is 0 Å². The molecule has 0 aliphatic carbocycles. The summed E-state index contributed by atoms with van der Waals surface area (Å²) in [5, 5.41) is 6.72. The molecule has 0 fully saturated rings. The van der Waals surface area contributed by atoms with E-state index in [-0.39, 0.29) is 5.91 Å². The van der Waals surface area contributed by atoms with Crippen molar-refractivity contribution in [3.63, 3.8) is 0 Å². The number of amides is 1. The Bertz CT molecular complexity index is 775. The molecule has 5 nitrogen and oxygen atoms in total. The second kappa shape index (κ2) is 5.46. The standard InChI is InChI=1S/C16H15N3O2S/c20-16(14-4-1-8-21-14)18-6-3-7-19-12(11-18)10-13(17-19)15-5-2-9-22-15/h1-2,4-5,8-10H,3,6-7,11H2. The van der Waals surface area contributed by atoms with Gasteiger partial charge in [-0.3, -0.25) is 9.48 Å². The Hall–Kier alpha value is -2.34. The van der Waals surface area contributed by atoms with Crippen molar-refractivity contribution in [1.29, 1.82) is 0 Å². The van der Waals surface area contributed by atoms with E-state index in [2.05, 4.69) is 17.2 Å². The molecule has 1 amide bonds. The molecule has 1 aliphatic rings. The Morgan fingerprint density at radius 3 is 3.00 bits per heavy atom. The third-order valence-corrected chi connectivity index (χ3v) is 4.70. The number of fused-ring (bicyclic) bond motifs is 1. The number of hydrogen-bond acceptors (Lipinski definition) is 4. The highest BCUT2D eigenvalue weighted by Gasteiger charge is 2.23. The van der Waals surface area contributed by atoms with Gasteiger partial charge in [0.1, 0.15) is 5.69 Å². The minimum absolute atomic E-state index is 0.0580. The smallest absolute Gasteiger partial charge is 0.289 e. The average molecular weight is 313 g/mol. The lowest BCUT2D eigenvalue weighted by molar-refractivity contribution is 0.0713. The van der Waals surface area contributed by atoms with Crippen LogP contribution in [0.3, 0.4) is 0 Å². The fourth-order valence-electron chi connectivity index (χ4n) is 2.74. The fraction of sp³-hybridized carbons (Fsp3) is 0.250. The lowest BCUT2D eigenvalue weighted by Gasteiger charge is -2.18. The first-order valence-electron chi connectivity index (χ1n) is 7.24. The molecule has 22 heavy (non-hydrogen) atoms.